The van der Waals surface area contributed by atoms with E-state index in [1.165, 1.54) is 44.5 Å². The molecule has 74 valence electrons. The van der Waals surface area contributed by atoms with Gasteiger partial charge in [-0.15, -0.1) is 0 Å². The van der Waals surface area contributed by atoms with E-state index in [4.69, 9.17) is 0 Å². The molecular formula is C11H20N2. The smallest absolute Gasteiger partial charge is 0.0260 e. The first kappa shape index (κ1) is 8.92. The molecule has 2 nitrogen and oxygen atoms in total. The van der Waals surface area contributed by atoms with Gasteiger partial charge in [-0.25, -0.2) is 0 Å². The van der Waals surface area contributed by atoms with Gasteiger partial charge >= 0.3 is 0 Å². The molecule has 1 saturated carbocycles. The third-order valence-corrected chi connectivity index (χ3v) is 3.63. The molecule has 1 aliphatic carbocycles. The van der Waals surface area contributed by atoms with E-state index >= 15 is 0 Å². The van der Waals surface area contributed by atoms with E-state index in [2.05, 4.69) is 23.3 Å². The molecule has 0 aromatic rings. The summed E-state index contributed by atoms with van der Waals surface area (Å²) in [7, 11) is 1.97. The van der Waals surface area contributed by atoms with Gasteiger partial charge < -0.3 is 10.2 Å². The Morgan fingerprint density at radius 2 is 1.85 bits per heavy atom. The molecule has 0 aromatic heterocycles. The van der Waals surface area contributed by atoms with Crippen LogP contribution >= 0.6 is 0 Å². The van der Waals surface area contributed by atoms with Crippen LogP contribution in [0.5, 0.6) is 0 Å². The van der Waals surface area contributed by atoms with Crippen LogP contribution < -0.4 is 5.32 Å². The number of nitrogens with one attached hydrogen (secondary N) is 1. The van der Waals surface area contributed by atoms with Crippen LogP contribution in [0, 0.1) is 5.41 Å². The fraction of sp³-hybridized carbons (Fsp3) is 0.818. The summed E-state index contributed by atoms with van der Waals surface area (Å²) in [5.41, 5.74) is 2.19. The van der Waals surface area contributed by atoms with E-state index < -0.39 is 0 Å². The highest BCUT2D eigenvalue weighted by atomic mass is 15.1. The Morgan fingerprint density at radius 1 is 1.23 bits per heavy atom. The first-order chi connectivity index (χ1) is 6.26. The summed E-state index contributed by atoms with van der Waals surface area (Å²) in [5, 5.41) is 3.10. The van der Waals surface area contributed by atoms with Crippen molar-refractivity contribution in [2.75, 3.05) is 20.1 Å². The molecule has 0 atom stereocenters. The van der Waals surface area contributed by atoms with Gasteiger partial charge in [0, 0.05) is 32.0 Å². The molecule has 0 bridgehead atoms. The average molecular weight is 180 g/mol. The third-order valence-electron chi connectivity index (χ3n) is 3.63. The van der Waals surface area contributed by atoms with E-state index in [1.54, 1.807) is 0 Å². The Morgan fingerprint density at radius 3 is 2.31 bits per heavy atom. The predicted molar refractivity (Wildman–Crippen MR) is 55.3 cm³/mol. The van der Waals surface area contributed by atoms with E-state index in [9.17, 15) is 0 Å². The maximum Gasteiger partial charge on any atom is 0.0260 e. The molecule has 1 spiro atoms. The molecule has 2 fully saturated rings. The van der Waals surface area contributed by atoms with Crippen molar-refractivity contribution >= 4 is 0 Å². The third kappa shape index (κ3) is 1.82. The Labute approximate surface area is 81.0 Å². The molecule has 13 heavy (non-hydrogen) atoms. The molecule has 1 N–H and O–H groups in total. The van der Waals surface area contributed by atoms with Gasteiger partial charge in [-0.05, 0) is 38.0 Å². The monoisotopic (exact) mass is 180 g/mol. The van der Waals surface area contributed by atoms with Crippen LogP contribution in [0.25, 0.3) is 0 Å². The van der Waals surface area contributed by atoms with Crippen LogP contribution in [0.1, 0.15) is 32.6 Å². The van der Waals surface area contributed by atoms with Gasteiger partial charge in [0.05, 0.1) is 0 Å². The van der Waals surface area contributed by atoms with Crippen molar-refractivity contribution < 1.29 is 0 Å². The van der Waals surface area contributed by atoms with Crippen LogP contribution in [-0.2, 0) is 0 Å². The number of rotatable bonds is 2. The van der Waals surface area contributed by atoms with Gasteiger partial charge in [0.2, 0.25) is 0 Å². The Balaban J connectivity index is 1.86. The molecule has 2 heteroatoms. The first-order valence-corrected chi connectivity index (χ1v) is 5.35. The summed E-state index contributed by atoms with van der Waals surface area (Å²) in [4.78, 5) is 2.50. The number of nitrogens with zero attached hydrogens (tertiary/aromatic N) is 1. The lowest BCUT2D eigenvalue weighted by molar-refractivity contribution is 0.212. The van der Waals surface area contributed by atoms with Crippen molar-refractivity contribution in [1.29, 1.82) is 0 Å². The maximum absolute atomic E-state index is 3.10. The van der Waals surface area contributed by atoms with E-state index in [0.29, 0.717) is 0 Å². The van der Waals surface area contributed by atoms with Crippen molar-refractivity contribution in [3.63, 3.8) is 0 Å². The summed E-state index contributed by atoms with van der Waals surface area (Å²) in [6.45, 7) is 4.73. The highest BCUT2D eigenvalue weighted by Gasteiger charge is 2.44. The van der Waals surface area contributed by atoms with E-state index in [-0.39, 0.29) is 0 Å². The zero-order valence-electron chi connectivity index (χ0n) is 8.77. The molecule has 2 rings (SSSR count). The molecular weight excluding hydrogens is 160 g/mol. The van der Waals surface area contributed by atoms with E-state index in [1.807, 2.05) is 7.05 Å². The highest BCUT2D eigenvalue weighted by molar-refractivity contribution is 5.03. The summed E-state index contributed by atoms with van der Waals surface area (Å²) in [6.07, 6.45) is 7.93. The van der Waals surface area contributed by atoms with Gasteiger partial charge in [-0.3, -0.25) is 0 Å². The molecule has 1 aliphatic heterocycles. The van der Waals surface area contributed by atoms with Crippen molar-refractivity contribution in [3.05, 3.63) is 11.9 Å². The lowest BCUT2D eigenvalue weighted by atomic mass is 9.93. The van der Waals surface area contributed by atoms with Gasteiger partial charge in [0.15, 0.2) is 0 Å². The zero-order chi connectivity index (χ0) is 9.31. The molecule has 2 aliphatic rings. The standard InChI is InChI=1S/C11H20N2/c1-10(9-12-2)13-7-5-11(3-4-11)6-8-13/h9,12H,3-8H2,1-2H3/b10-9+. The summed E-state index contributed by atoms with van der Waals surface area (Å²) < 4.78 is 0. The topological polar surface area (TPSA) is 15.3 Å². The first-order valence-electron chi connectivity index (χ1n) is 5.35. The molecule has 0 aromatic carbocycles. The molecule has 0 radical (unpaired) electrons. The summed E-state index contributed by atoms with van der Waals surface area (Å²) in [6, 6.07) is 0. The predicted octanol–water partition coefficient (Wildman–Crippen LogP) is 1.94. The minimum atomic E-state index is 0.802. The van der Waals surface area contributed by atoms with Crippen LogP contribution in [-0.4, -0.2) is 25.0 Å². The summed E-state index contributed by atoms with van der Waals surface area (Å²) >= 11 is 0. The number of hydrogen-bond acceptors (Lipinski definition) is 2. The Bertz CT molecular complexity index is 206. The molecule has 1 saturated heterocycles. The Hall–Kier alpha value is -0.660. The SMILES string of the molecule is CN/C=C(\C)N1CCC2(CC1)CC2. The van der Waals surface area contributed by atoms with E-state index in [0.717, 1.165) is 5.41 Å². The average Bonchev–Trinajstić information content (AvgIpc) is 2.87. The van der Waals surface area contributed by atoms with Gasteiger partial charge in [0.1, 0.15) is 0 Å². The highest BCUT2D eigenvalue weighted by Crippen LogP contribution is 2.53. The van der Waals surface area contributed by atoms with Crippen LogP contribution in [0.15, 0.2) is 11.9 Å². The minimum Gasteiger partial charge on any atom is -0.393 e. The number of likely N-dealkylation sites (tertiary alicyclic amines) is 1. The lowest BCUT2D eigenvalue weighted by Gasteiger charge is -2.34. The molecule has 0 unspecified atom stereocenters. The fourth-order valence-corrected chi connectivity index (χ4v) is 2.31. The number of piperidine rings is 1. The van der Waals surface area contributed by atoms with Crippen LogP contribution in [0.3, 0.4) is 0 Å². The second-order valence-electron chi connectivity index (χ2n) is 4.56. The van der Waals surface area contributed by atoms with Crippen molar-refractivity contribution in [2.24, 2.45) is 5.41 Å². The largest absolute Gasteiger partial charge is 0.393 e. The fourth-order valence-electron chi connectivity index (χ4n) is 2.31. The second-order valence-corrected chi connectivity index (χ2v) is 4.56. The normalized spacial score (nSPS) is 26.3. The van der Waals surface area contributed by atoms with Crippen molar-refractivity contribution in [3.8, 4) is 0 Å². The van der Waals surface area contributed by atoms with Crippen molar-refractivity contribution in [2.45, 2.75) is 32.6 Å². The maximum atomic E-state index is 3.10. The summed E-state index contributed by atoms with van der Waals surface area (Å²) in [5.74, 6) is 0. The Kier molecular flexibility index (Phi) is 2.22. The second kappa shape index (κ2) is 3.24. The number of allylic oxidation sites excluding steroid dienone is 1. The molecule has 1 heterocycles. The van der Waals surface area contributed by atoms with Crippen LogP contribution in [0.4, 0.5) is 0 Å². The molecule has 0 amide bonds. The lowest BCUT2D eigenvalue weighted by Crippen LogP contribution is -2.33. The van der Waals surface area contributed by atoms with Gasteiger partial charge in [-0.1, -0.05) is 0 Å². The van der Waals surface area contributed by atoms with Crippen LogP contribution in [0.2, 0.25) is 0 Å². The van der Waals surface area contributed by atoms with Gasteiger partial charge in [-0.2, -0.15) is 0 Å². The van der Waals surface area contributed by atoms with Gasteiger partial charge in [0.25, 0.3) is 0 Å². The quantitative estimate of drug-likeness (QED) is 0.698. The minimum absolute atomic E-state index is 0.802. The van der Waals surface area contributed by atoms with Crippen molar-refractivity contribution in [1.82, 2.24) is 10.2 Å². The zero-order valence-corrected chi connectivity index (χ0v) is 8.77. The number of hydrogen-bond donors (Lipinski definition) is 1.